The van der Waals surface area contributed by atoms with E-state index in [4.69, 9.17) is 10.9 Å². The molecule has 1 aromatic heterocycles. The standard InChI is InChI=1S/C9H13F3N4O/c10-9(11,12)6-4-7(14-2-1-3-17)15-8(5-6)16-13/h4-5,17H,1-3,13H2,(H2,14,15,16). The zero-order valence-electron chi connectivity index (χ0n) is 8.88. The van der Waals surface area contributed by atoms with Crippen LogP contribution in [0.1, 0.15) is 12.0 Å². The summed E-state index contributed by atoms with van der Waals surface area (Å²) in [6, 6.07) is 1.70. The van der Waals surface area contributed by atoms with Gasteiger partial charge < -0.3 is 15.8 Å². The van der Waals surface area contributed by atoms with Gasteiger partial charge in [0.05, 0.1) is 5.56 Å². The number of anilines is 2. The second-order valence-electron chi connectivity index (χ2n) is 3.27. The van der Waals surface area contributed by atoms with Crippen molar-refractivity contribution in [2.24, 2.45) is 5.84 Å². The molecule has 0 unspecified atom stereocenters. The van der Waals surface area contributed by atoms with E-state index < -0.39 is 11.7 Å². The van der Waals surface area contributed by atoms with E-state index in [9.17, 15) is 13.2 Å². The highest BCUT2D eigenvalue weighted by atomic mass is 19.4. The summed E-state index contributed by atoms with van der Waals surface area (Å²) in [7, 11) is 0. The molecule has 0 amide bonds. The third kappa shape index (κ3) is 4.08. The number of aliphatic hydroxyl groups is 1. The first-order valence-electron chi connectivity index (χ1n) is 4.88. The molecule has 0 aliphatic carbocycles. The Balaban J connectivity index is 2.89. The van der Waals surface area contributed by atoms with Gasteiger partial charge in [-0.1, -0.05) is 0 Å². The van der Waals surface area contributed by atoms with Crippen molar-refractivity contribution in [3.05, 3.63) is 17.7 Å². The van der Waals surface area contributed by atoms with Crippen LogP contribution in [-0.2, 0) is 6.18 Å². The number of aromatic nitrogens is 1. The minimum absolute atomic E-state index is 0.0477. The first-order chi connectivity index (χ1) is 7.97. The fraction of sp³-hybridized carbons (Fsp3) is 0.444. The molecule has 0 saturated carbocycles. The zero-order valence-corrected chi connectivity index (χ0v) is 8.88. The van der Waals surface area contributed by atoms with Crippen molar-refractivity contribution in [1.82, 2.24) is 4.98 Å². The van der Waals surface area contributed by atoms with E-state index in [1.165, 1.54) is 0 Å². The predicted molar refractivity (Wildman–Crippen MR) is 57.2 cm³/mol. The molecule has 0 fully saturated rings. The van der Waals surface area contributed by atoms with E-state index >= 15 is 0 Å². The van der Waals surface area contributed by atoms with Crippen LogP contribution in [0.2, 0.25) is 0 Å². The van der Waals surface area contributed by atoms with Gasteiger partial charge in [0.25, 0.3) is 0 Å². The maximum atomic E-state index is 12.5. The lowest BCUT2D eigenvalue weighted by molar-refractivity contribution is -0.137. The van der Waals surface area contributed by atoms with Gasteiger partial charge in [0.1, 0.15) is 11.6 Å². The molecule has 0 aliphatic heterocycles. The lowest BCUT2D eigenvalue weighted by Crippen LogP contribution is -2.14. The highest BCUT2D eigenvalue weighted by molar-refractivity contribution is 5.49. The summed E-state index contributed by atoms with van der Waals surface area (Å²) in [6.45, 7) is 0.281. The van der Waals surface area contributed by atoms with Gasteiger partial charge in [-0.05, 0) is 18.6 Å². The molecular formula is C9H13F3N4O. The monoisotopic (exact) mass is 250 g/mol. The van der Waals surface area contributed by atoms with E-state index in [2.05, 4.69) is 15.7 Å². The Bertz CT molecular complexity index is 370. The summed E-state index contributed by atoms with van der Waals surface area (Å²) in [5.41, 5.74) is 1.23. The van der Waals surface area contributed by atoms with Gasteiger partial charge in [-0.3, -0.25) is 0 Å². The normalized spacial score (nSPS) is 11.4. The number of halogens is 3. The molecule has 17 heavy (non-hydrogen) atoms. The molecule has 0 atom stereocenters. The van der Waals surface area contributed by atoms with Crippen molar-refractivity contribution in [3.8, 4) is 0 Å². The van der Waals surface area contributed by atoms with Crippen LogP contribution in [0.5, 0.6) is 0 Å². The Morgan fingerprint density at radius 2 is 1.94 bits per heavy atom. The number of nitrogens with one attached hydrogen (secondary N) is 2. The van der Waals surface area contributed by atoms with E-state index in [1.807, 2.05) is 0 Å². The van der Waals surface area contributed by atoms with Gasteiger partial charge in [-0.15, -0.1) is 0 Å². The second kappa shape index (κ2) is 5.69. The molecule has 5 N–H and O–H groups in total. The van der Waals surface area contributed by atoms with E-state index in [0.29, 0.717) is 13.0 Å². The zero-order chi connectivity index (χ0) is 12.9. The number of hydrazine groups is 1. The minimum atomic E-state index is -4.46. The van der Waals surface area contributed by atoms with Crippen LogP contribution in [0.4, 0.5) is 24.8 Å². The third-order valence-electron chi connectivity index (χ3n) is 1.94. The quantitative estimate of drug-likeness (QED) is 0.358. The van der Waals surface area contributed by atoms with E-state index in [0.717, 1.165) is 12.1 Å². The average Bonchev–Trinajstić information content (AvgIpc) is 2.28. The third-order valence-corrected chi connectivity index (χ3v) is 1.94. The molecule has 0 bridgehead atoms. The van der Waals surface area contributed by atoms with Crippen molar-refractivity contribution in [3.63, 3.8) is 0 Å². The molecule has 0 aliphatic rings. The smallest absolute Gasteiger partial charge is 0.396 e. The lowest BCUT2D eigenvalue weighted by atomic mass is 10.2. The Labute approximate surface area is 95.8 Å². The van der Waals surface area contributed by atoms with Crippen LogP contribution < -0.4 is 16.6 Å². The highest BCUT2D eigenvalue weighted by Gasteiger charge is 2.31. The van der Waals surface area contributed by atoms with Crippen LogP contribution >= 0.6 is 0 Å². The maximum Gasteiger partial charge on any atom is 0.416 e. The van der Waals surface area contributed by atoms with Crippen molar-refractivity contribution in [2.75, 3.05) is 23.9 Å². The first kappa shape index (κ1) is 13.5. The van der Waals surface area contributed by atoms with Crippen molar-refractivity contribution >= 4 is 11.6 Å². The fourth-order valence-electron chi connectivity index (χ4n) is 1.15. The molecular weight excluding hydrogens is 237 g/mol. The number of hydrogen-bond acceptors (Lipinski definition) is 5. The first-order valence-corrected chi connectivity index (χ1v) is 4.88. The lowest BCUT2D eigenvalue weighted by Gasteiger charge is -2.12. The summed E-state index contributed by atoms with van der Waals surface area (Å²) < 4.78 is 37.5. The number of pyridine rings is 1. The molecule has 5 nitrogen and oxygen atoms in total. The van der Waals surface area contributed by atoms with Gasteiger partial charge in [-0.25, -0.2) is 10.8 Å². The Morgan fingerprint density at radius 3 is 2.47 bits per heavy atom. The summed E-state index contributed by atoms with van der Waals surface area (Å²) in [5, 5.41) is 11.2. The van der Waals surface area contributed by atoms with Gasteiger partial charge in [-0.2, -0.15) is 13.2 Å². The van der Waals surface area contributed by atoms with Crippen molar-refractivity contribution in [2.45, 2.75) is 12.6 Å². The van der Waals surface area contributed by atoms with E-state index in [1.54, 1.807) is 0 Å². The number of hydrogen-bond donors (Lipinski definition) is 4. The van der Waals surface area contributed by atoms with Crippen molar-refractivity contribution < 1.29 is 18.3 Å². The minimum Gasteiger partial charge on any atom is -0.396 e. The van der Waals surface area contributed by atoms with Crippen LogP contribution in [-0.4, -0.2) is 23.2 Å². The molecule has 1 heterocycles. The predicted octanol–water partition coefficient (Wildman–Crippen LogP) is 1.18. The molecule has 0 spiro atoms. The fourth-order valence-corrected chi connectivity index (χ4v) is 1.15. The molecule has 8 heteroatoms. The van der Waals surface area contributed by atoms with Gasteiger partial charge in [0, 0.05) is 13.2 Å². The van der Waals surface area contributed by atoms with Crippen LogP contribution in [0, 0.1) is 0 Å². The topological polar surface area (TPSA) is 83.2 Å². The van der Waals surface area contributed by atoms with Crippen LogP contribution in [0.15, 0.2) is 12.1 Å². The highest BCUT2D eigenvalue weighted by Crippen LogP contribution is 2.31. The van der Waals surface area contributed by atoms with Crippen LogP contribution in [0.3, 0.4) is 0 Å². The average molecular weight is 250 g/mol. The number of alkyl halides is 3. The Kier molecular flexibility index (Phi) is 4.53. The number of rotatable bonds is 5. The molecule has 96 valence electrons. The largest absolute Gasteiger partial charge is 0.416 e. The molecule has 0 radical (unpaired) electrons. The number of aliphatic hydroxyl groups excluding tert-OH is 1. The summed E-state index contributed by atoms with van der Waals surface area (Å²) >= 11 is 0. The SMILES string of the molecule is NNc1cc(C(F)(F)F)cc(NCCCO)n1. The molecule has 0 saturated heterocycles. The van der Waals surface area contributed by atoms with Gasteiger partial charge in [0.15, 0.2) is 0 Å². The Hall–Kier alpha value is -1.54. The Morgan fingerprint density at radius 1 is 1.29 bits per heavy atom. The van der Waals surface area contributed by atoms with Crippen molar-refractivity contribution in [1.29, 1.82) is 0 Å². The van der Waals surface area contributed by atoms with Gasteiger partial charge >= 0.3 is 6.18 Å². The maximum absolute atomic E-state index is 12.5. The second-order valence-corrected chi connectivity index (χ2v) is 3.27. The molecule has 1 rings (SSSR count). The molecule has 1 aromatic rings. The number of nitrogens with zero attached hydrogens (tertiary/aromatic N) is 1. The summed E-state index contributed by atoms with van der Waals surface area (Å²) in [5.74, 6) is 5.02. The number of nitrogens with two attached hydrogens (primary N) is 1. The van der Waals surface area contributed by atoms with Gasteiger partial charge in [0.2, 0.25) is 0 Å². The summed E-state index contributed by atoms with van der Waals surface area (Å²) in [6.07, 6.45) is -4.04. The van der Waals surface area contributed by atoms with E-state index in [-0.39, 0.29) is 18.2 Å². The summed E-state index contributed by atoms with van der Waals surface area (Å²) in [4.78, 5) is 3.81. The molecule has 0 aromatic carbocycles. The number of nitrogen functional groups attached to an aromatic ring is 1. The van der Waals surface area contributed by atoms with Crippen LogP contribution in [0.25, 0.3) is 0 Å².